The fraction of sp³-hybridized carbons (Fsp3) is 0.682. The molecule has 142 valence electrons. The number of nitrogens with one attached hydrogen (secondary N) is 1. The van der Waals surface area contributed by atoms with Crippen LogP contribution in [0.1, 0.15) is 96.0 Å². The van der Waals surface area contributed by atoms with Crippen LogP contribution in [0.3, 0.4) is 0 Å². The van der Waals surface area contributed by atoms with E-state index in [9.17, 15) is 0 Å². The third-order valence-corrected chi connectivity index (χ3v) is 4.66. The Kier molecular flexibility index (Phi) is 12.7. The molecule has 0 unspecified atom stereocenters. The summed E-state index contributed by atoms with van der Waals surface area (Å²) in [7, 11) is 0. The van der Waals surface area contributed by atoms with Crippen molar-refractivity contribution in [1.29, 1.82) is 5.41 Å². The molecule has 0 spiro atoms. The topological polar surface area (TPSA) is 59.1 Å². The zero-order valence-electron chi connectivity index (χ0n) is 16.2. The highest BCUT2D eigenvalue weighted by atomic mass is 16.5. The Morgan fingerprint density at radius 3 is 1.88 bits per heavy atom. The van der Waals surface area contributed by atoms with Crippen LogP contribution < -0.4 is 10.5 Å². The molecule has 0 heterocycles. The summed E-state index contributed by atoms with van der Waals surface area (Å²) in [4.78, 5) is 0. The standard InChI is InChI=1S/C22H38N2O/c1-2-3-4-5-6-7-8-9-10-11-12-13-14-18-25-21-17-15-16-20(19-21)22(23)24/h15-17,19H,2-14,18H2,1H3,(H3,23,24). The SMILES string of the molecule is CCCCCCCCCCCCCCCOc1cccc(C(=N)N)c1. The molecule has 1 aromatic rings. The highest BCUT2D eigenvalue weighted by molar-refractivity contribution is 5.95. The minimum atomic E-state index is 0.0893. The predicted octanol–water partition coefficient (Wildman–Crippen LogP) is 6.44. The Labute approximate surface area is 154 Å². The number of amidine groups is 1. The predicted molar refractivity (Wildman–Crippen MR) is 109 cm³/mol. The Morgan fingerprint density at radius 1 is 0.840 bits per heavy atom. The molecule has 0 amide bonds. The second kappa shape index (κ2) is 14.8. The lowest BCUT2D eigenvalue weighted by atomic mass is 10.0. The Morgan fingerprint density at radius 2 is 1.36 bits per heavy atom. The lowest BCUT2D eigenvalue weighted by molar-refractivity contribution is 0.304. The van der Waals surface area contributed by atoms with Gasteiger partial charge in [0.05, 0.1) is 6.61 Å². The van der Waals surface area contributed by atoms with Crippen molar-refractivity contribution in [3.63, 3.8) is 0 Å². The number of nitrogens with two attached hydrogens (primary N) is 1. The number of rotatable bonds is 16. The molecular weight excluding hydrogens is 308 g/mol. The van der Waals surface area contributed by atoms with Gasteiger partial charge in [-0.15, -0.1) is 0 Å². The van der Waals surface area contributed by atoms with Gasteiger partial charge in [0.25, 0.3) is 0 Å². The Hall–Kier alpha value is -1.51. The summed E-state index contributed by atoms with van der Waals surface area (Å²) in [6.07, 6.45) is 17.7. The van der Waals surface area contributed by atoms with Gasteiger partial charge in [0.2, 0.25) is 0 Å². The number of benzene rings is 1. The molecule has 0 aliphatic rings. The van der Waals surface area contributed by atoms with Gasteiger partial charge in [-0.05, 0) is 18.6 Å². The van der Waals surface area contributed by atoms with Crippen molar-refractivity contribution in [2.75, 3.05) is 6.61 Å². The van der Waals surface area contributed by atoms with Gasteiger partial charge in [-0.1, -0.05) is 96.1 Å². The smallest absolute Gasteiger partial charge is 0.122 e. The fourth-order valence-electron chi connectivity index (χ4n) is 3.06. The lowest BCUT2D eigenvalue weighted by Gasteiger charge is -2.07. The van der Waals surface area contributed by atoms with Crippen molar-refractivity contribution < 1.29 is 4.74 Å². The van der Waals surface area contributed by atoms with Crippen molar-refractivity contribution in [3.05, 3.63) is 29.8 Å². The first-order valence-corrected chi connectivity index (χ1v) is 10.3. The van der Waals surface area contributed by atoms with E-state index in [2.05, 4.69) is 6.92 Å². The molecule has 0 aliphatic carbocycles. The summed E-state index contributed by atoms with van der Waals surface area (Å²) in [5.41, 5.74) is 6.22. The van der Waals surface area contributed by atoms with E-state index >= 15 is 0 Å². The minimum absolute atomic E-state index is 0.0893. The third kappa shape index (κ3) is 11.6. The molecule has 0 radical (unpaired) electrons. The zero-order valence-corrected chi connectivity index (χ0v) is 16.2. The van der Waals surface area contributed by atoms with E-state index < -0.39 is 0 Å². The first-order chi connectivity index (χ1) is 12.2. The van der Waals surface area contributed by atoms with Crippen LogP contribution >= 0.6 is 0 Å². The largest absolute Gasteiger partial charge is 0.494 e. The summed E-state index contributed by atoms with van der Waals surface area (Å²) in [5, 5.41) is 7.44. The van der Waals surface area contributed by atoms with E-state index in [-0.39, 0.29) is 5.84 Å². The molecular formula is C22H38N2O. The van der Waals surface area contributed by atoms with Crippen LogP contribution in [0, 0.1) is 5.41 Å². The molecule has 0 fully saturated rings. The van der Waals surface area contributed by atoms with E-state index in [1.807, 2.05) is 24.3 Å². The normalized spacial score (nSPS) is 10.8. The summed E-state index contributed by atoms with van der Waals surface area (Å²) in [5.74, 6) is 0.901. The second-order valence-corrected chi connectivity index (χ2v) is 7.03. The van der Waals surface area contributed by atoms with Crippen molar-refractivity contribution >= 4 is 5.84 Å². The molecule has 3 N–H and O–H groups in total. The molecule has 0 saturated heterocycles. The molecule has 0 aliphatic heterocycles. The van der Waals surface area contributed by atoms with Crippen LogP contribution in [0.5, 0.6) is 5.75 Å². The molecule has 1 rings (SSSR count). The van der Waals surface area contributed by atoms with Gasteiger partial charge in [-0.3, -0.25) is 5.41 Å². The summed E-state index contributed by atoms with van der Waals surface area (Å²) in [6.45, 7) is 3.03. The van der Waals surface area contributed by atoms with E-state index in [1.54, 1.807) is 0 Å². The molecule has 0 bridgehead atoms. The number of nitrogen functional groups attached to an aromatic ring is 1. The van der Waals surface area contributed by atoms with E-state index in [4.69, 9.17) is 15.9 Å². The number of hydrogen-bond donors (Lipinski definition) is 2. The summed E-state index contributed by atoms with van der Waals surface area (Å²) < 4.78 is 5.74. The molecule has 25 heavy (non-hydrogen) atoms. The number of unbranched alkanes of at least 4 members (excludes halogenated alkanes) is 12. The number of hydrogen-bond acceptors (Lipinski definition) is 2. The Bertz CT molecular complexity index is 459. The molecule has 0 aromatic heterocycles. The first-order valence-electron chi connectivity index (χ1n) is 10.3. The minimum Gasteiger partial charge on any atom is -0.494 e. The van der Waals surface area contributed by atoms with Gasteiger partial charge in [0.1, 0.15) is 11.6 Å². The summed E-state index contributed by atoms with van der Waals surface area (Å²) in [6, 6.07) is 7.48. The molecule has 1 aromatic carbocycles. The van der Waals surface area contributed by atoms with Gasteiger partial charge in [0, 0.05) is 5.56 Å². The number of ether oxygens (including phenoxy) is 1. The fourth-order valence-corrected chi connectivity index (χ4v) is 3.06. The van der Waals surface area contributed by atoms with Gasteiger partial charge in [-0.2, -0.15) is 0 Å². The molecule has 3 heteroatoms. The van der Waals surface area contributed by atoms with Gasteiger partial charge in [-0.25, -0.2) is 0 Å². The van der Waals surface area contributed by atoms with Crippen LogP contribution in [0.4, 0.5) is 0 Å². The average molecular weight is 347 g/mol. The van der Waals surface area contributed by atoms with Crippen molar-refractivity contribution in [2.24, 2.45) is 5.73 Å². The Balaban J connectivity index is 1.87. The van der Waals surface area contributed by atoms with Crippen LogP contribution in [0.25, 0.3) is 0 Å². The maximum absolute atomic E-state index is 7.44. The van der Waals surface area contributed by atoms with Crippen LogP contribution in [-0.4, -0.2) is 12.4 Å². The van der Waals surface area contributed by atoms with Crippen molar-refractivity contribution in [2.45, 2.75) is 90.4 Å². The maximum Gasteiger partial charge on any atom is 0.122 e. The average Bonchev–Trinajstić information content (AvgIpc) is 2.62. The maximum atomic E-state index is 7.44. The van der Waals surface area contributed by atoms with Gasteiger partial charge < -0.3 is 10.5 Å². The molecule has 0 saturated carbocycles. The summed E-state index contributed by atoms with van der Waals surface area (Å²) >= 11 is 0. The highest BCUT2D eigenvalue weighted by Gasteiger charge is 1.99. The van der Waals surface area contributed by atoms with Crippen LogP contribution in [-0.2, 0) is 0 Å². The highest BCUT2D eigenvalue weighted by Crippen LogP contribution is 2.15. The zero-order chi connectivity index (χ0) is 18.2. The van der Waals surface area contributed by atoms with E-state index in [1.165, 1.54) is 77.0 Å². The van der Waals surface area contributed by atoms with Crippen LogP contribution in [0.2, 0.25) is 0 Å². The molecule has 0 atom stereocenters. The van der Waals surface area contributed by atoms with E-state index in [0.717, 1.165) is 24.3 Å². The molecule has 3 nitrogen and oxygen atoms in total. The van der Waals surface area contributed by atoms with Crippen LogP contribution in [0.15, 0.2) is 24.3 Å². The van der Waals surface area contributed by atoms with Crippen molar-refractivity contribution in [3.8, 4) is 5.75 Å². The third-order valence-electron chi connectivity index (χ3n) is 4.66. The second-order valence-electron chi connectivity index (χ2n) is 7.03. The lowest BCUT2D eigenvalue weighted by Crippen LogP contribution is -2.11. The quantitative estimate of drug-likeness (QED) is 0.205. The van der Waals surface area contributed by atoms with Gasteiger partial charge in [0.15, 0.2) is 0 Å². The monoisotopic (exact) mass is 346 g/mol. The van der Waals surface area contributed by atoms with Gasteiger partial charge >= 0.3 is 0 Å². The van der Waals surface area contributed by atoms with Crippen molar-refractivity contribution in [1.82, 2.24) is 0 Å². The van der Waals surface area contributed by atoms with E-state index in [0.29, 0.717) is 0 Å². The first kappa shape index (κ1) is 21.5.